The Balaban J connectivity index is 0.000000574. The molecule has 0 atom stereocenters. The van der Waals surface area contributed by atoms with Gasteiger partial charge in [-0.2, -0.15) is 0 Å². The highest BCUT2D eigenvalue weighted by Crippen LogP contribution is 2.39. The molecular weight excluding hydrogens is 631 g/mol. The van der Waals surface area contributed by atoms with Crippen molar-refractivity contribution in [2.75, 3.05) is 0 Å². The minimum Gasteiger partial charge on any atom is -0.456 e. The first-order chi connectivity index (χ1) is 25.3. The number of hydrogen-bond acceptors (Lipinski definition) is 1. The highest BCUT2D eigenvalue weighted by molar-refractivity contribution is 6.10. The predicted molar refractivity (Wildman–Crippen MR) is 234 cm³/mol. The number of aryl methyl sites for hydroxylation is 1. The van der Waals surface area contributed by atoms with Crippen LogP contribution in [0.15, 0.2) is 182 Å². The normalized spacial score (nSPS) is 11.7. The predicted octanol–water partition coefficient (Wildman–Crippen LogP) is 15.8. The number of aromatic nitrogens is 1. The smallest absolute Gasteiger partial charge is 0.138 e. The van der Waals surface area contributed by atoms with Gasteiger partial charge in [0.1, 0.15) is 11.5 Å². The molecule has 0 aliphatic rings. The molecule has 0 radical (unpaired) electrons. The molecule has 0 saturated heterocycles. The number of benzene rings is 4. The van der Waals surface area contributed by atoms with Crippen LogP contribution in [-0.2, 0) is 0 Å². The number of ether oxygens (including phenoxy) is 1. The zero-order valence-corrected chi connectivity index (χ0v) is 33.0. The van der Waals surface area contributed by atoms with Gasteiger partial charge < -0.3 is 9.30 Å². The second-order valence-electron chi connectivity index (χ2n) is 11.9. The Labute approximate surface area is 314 Å². The van der Waals surface area contributed by atoms with Crippen molar-refractivity contribution in [3.8, 4) is 22.6 Å². The van der Waals surface area contributed by atoms with Gasteiger partial charge in [0.15, 0.2) is 0 Å². The molecule has 0 saturated carbocycles. The molecule has 0 spiro atoms. The van der Waals surface area contributed by atoms with Gasteiger partial charge >= 0.3 is 0 Å². The highest BCUT2D eigenvalue weighted by atomic mass is 16.5. The number of para-hydroxylation sites is 3. The quantitative estimate of drug-likeness (QED) is 0.133. The SMILES string of the molecule is C=C/C=C\C=C(/C)C(=C)/C=C/n1c2ccccc2c2cc(-c3cccc(C)c3Oc3ccccc3)ccc21.CC.CCC.C\C=C/C=C/C(C)=C/C. The van der Waals surface area contributed by atoms with Crippen molar-refractivity contribution in [3.63, 3.8) is 0 Å². The van der Waals surface area contributed by atoms with Crippen LogP contribution in [0.4, 0.5) is 0 Å². The summed E-state index contributed by atoms with van der Waals surface area (Å²) in [4.78, 5) is 0. The lowest BCUT2D eigenvalue weighted by Gasteiger charge is -2.14. The van der Waals surface area contributed by atoms with Gasteiger partial charge in [-0.15, -0.1) is 0 Å². The maximum atomic E-state index is 6.38. The fraction of sp³-hybridized carbons (Fsp3) is 0.200. The lowest BCUT2D eigenvalue weighted by atomic mass is 9.99. The Bertz CT molecular complexity index is 2040. The van der Waals surface area contributed by atoms with Crippen LogP contribution < -0.4 is 4.74 Å². The minimum absolute atomic E-state index is 0.829. The summed E-state index contributed by atoms with van der Waals surface area (Å²) in [7, 11) is 0. The van der Waals surface area contributed by atoms with E-state index in [0.29, 0.717) is 0 Å². The summed E-state index contributed by atoms with van der Waals surface area (Å²) < 4.78 is 8.62. The van der Waals surface area contributed by atoms with Gasteiger partial charge in [-0.25, -0.2) is 0 Å². The van der Waals surface area contributed by atoms with Crippen molar-refractivity contribution in [1.29, 1.82) is 0 Å². The monoisotopic (exact) mass is 689 g/mol. The average molecular weight is 690 g/mol. The molecular formula is C50H59NO. The van der Waals surface area contributed by atoms with Crippen molar-refractivity contribution in [2.45, 2.75) is 68.7 Å². The van der Waals surface area contributed by atoms with E-state index in [-0.39, 0.29) is 0 Å². The molecule has 5 aromatic rings. The maximum absolute atomic E-state index is 6.38. The Hall–Kier alpha value is -5.60. The van der Waals surface area contributed by atoms with E-state index in [1.54, 1.807) is 6.08 Å². The molecule has 5 rings (SSSR count). The van der Waals surface area contributed by atoms with Crippen molar-refractivity contribution in [3.05, 3.63) is 187 Å². The molecule has 52 heavy (non-hydrogen) atoms. The first-order valence-electron chi connectivity index (χ1n) is 18.4. The van der Waals surface area contributed by atoms with Crippen LogP contribution in [0.2, 0.25) is 0 Å². The minimum atomic E-state index is 0.829. The van der Waals surface area contributed by atoms with Crippen LogP contribution in [0.25, 0.3) is 39.1 Å². The fourth-order valence-electron chi connectivity index (χ4n) is 5.05. The fourth-order valence-corrected chi connectivity index (χ4v) is 5.05. The summed E-state index contributed by atoms with van der Waals surface area (Å²) >= 11 is 0. The molecule has 0 aliphatic carbocycles. The molecule has 0 fully saturated rings. The van der Waals surface area contributed by atoms with Crippen LogP contribution >= 0.6 is 0 Å². The maximum Gasteiger partial charge on any atom is 0.138 e. The molecule has 1 heterocycles. The van der Waals surface area contributed by atoms with Crippen LogP contribution in [0.1, 0.15) is 67.4 Å². The van der Waals surface area contributed by atoms with Gasteiger partial charge in [0.2, 0.25) is 0 Å². The van der Waals surface area contributed by atoms with Gasteiger partial charge in [0.25, 0.3) is 0 Å². The second-order valence-corrected chi connectivity index (χ2v) is 11.9. The molecule has 0 unspecified atom stereocenters. The molecule has 0 aliphatic heterocycles. The Kier molecular flexibility index (Phi) is 19.4. The third kappa shape index (κ3) is 12.6. The average Bonchev–Trinajstić information content (AvgIpc) is 3.49. The Morgan fingerprint density at radius 2 is 1.42 bits per heavy atom. The zero-order valence-electron chi connectivity index (χ0n) is 33.0. The van der Waals surface area contributed by atoms with Gasteiger partial charge in [0, 0.05) is 22.5 Å². The zero-order chi connectivity index (χ0) is 38.3. The van der Waals surface area contributed by atoms with Crippen molar-refractivity contribution in [1.82, 2.24) is 4.57 Å². The number of fused-ring (bicyclic) bond motifs is 3. The van der Waals surface area contributed by atoms with E-state index in [2.05, 4.69) is 137 Å². The first kappa shape index (κ1) is 42.6. The molecule has 270 valence electrons. The summed E-state index contributed by atoms with van der Waals surface area (Å²) in [6.07, 6.45) is 23.4. The highest BCUT2D eigenvalue weighted by Gasteiger charge is 2.14. The van der Waals surface area contributed by atoms with Crippen LogP contribution in [0.5, 0.6) is 11.5 Å². The van der Waals surface area contributed by atoms with Crippen molar-refractivity contribution in [2.24, 2.45) is 0 Å². The molecule has 2 nitrogen and oxygen atoms in total. The Morgan fingerprint density at radius 3 is 2.10 bits per heavy atom. The van der Waals surface area contributed by atoms with E-state index in [1.165, 1.54) is 22.8 Å². The molecule has 0 bridgehead atoms. The van der Waals surface area contributed by atoms with Crippen molar-refractivity contribution < 1.29 is 4.74 Å². The number of allylic oxidation sites excluding steroid dienone is 13. The van der Waals surface area contributed by atoms with E-state index in [0.717, 1.165) is 50.4 Å². The summed E-state index contributed by atoms with van der Waals surface area (Å²) in [6, 6.07) is 31.4. The number of hydrogen-bond donors (Lipinski definition) is 0. The third-order valence-corrected chi connectivity index (χ3v) is 7.84. The lowest BCUT2D eigenvalue weighted by molar-refractivity contribution is 0.481. The summed E-state index contributed by atoms with van der Waals surface area (Å²) in [6.45, 7) is 26.5. The van der Waals surface area contributed by atoms with Crippen LogP contribution in [-0.4, -0.2) is 4.57 Å². The van der Waals surface area contributed by atoms with Gasteiger partial charge in [-0.1, -0.05) is 168 Å². The van der Waals surface area contributed by atoms with Crippen molar-refractivity contribution >= 4 is 28.0 Å². The topological polar surface area (TPSA) is 14.2 Å². The van der Waals surface area contributed by atoms with Crippen LogP contribution in [0, 0.1) is 6.92 Å². The summed E-state index contributed by atoms with van der Waals surface area (Å²) in [5.41, 5.74) is 8.96. The van der Waals surface area contributed by atoms with Crippen LogP contribution in [0.3, 0.4) is 0 Å². The van der Waals surface area contributed by atoms with E-state index < -0.39 is 0 Å². The third-order valence-electron chi connectivity index (χ3n) is 7.84. The van der Waals surface area contributed by atoms with Gasteiger partial charge in [-0.05, 0) is 93.3 Å². The molecule has 1 aromatic heterocycles. The largest absolute Gasteiger partial charge is 0.456 e. The second kappa shape index (κ2) is 23.7. The summed E-state index contributed by atoms with van der Waals surface area (Å²) in [5, 5.41) is 2.40. The number of rotatable bonds is 10. The van der Waals surface area contributed by atoms with Gasteiger partial charge in [0.05, 0.1) is 11.0 Å². The van der Waals surface area contributed by atoms with E-state index in [4.69, 9.17) is 4.74 Å². The summed E-state index contributed by atoms with van der Waals surface area (Å²) in [5.74, 6) is 1.71. The first-order valence-corrected chi connectivity index (χ1v) is 18.4. The molecule has 0 amide bonds. The Morgan fingerprint density at radius 1 is 0.750 bits per heavy atom. The van der Waals surface area contributed by atoms with E-state index >= 15 is 0 Å². The molecule has 4 aromatic carbocycles. The van der Waals surface area contributed by atoms with Gasteiger partial charge in [-0.3, -0.25) is 0 Å². The number of nitrogens with zero attached hydrogens (tertiary/aromatic N) is 1. The lowest BCUT2D eigenvalue weighted by Crippen LogP contribution is -1.92. The molecule has 0 N–H and O–H groups in total. The van der Waals surface area contributed by atoms with E-state index in [1.807, 2.05) is 94.5 Å². The molecule has 2 heteroatoms. The standard InChI is InChI=1S/C36H31NO.C9H14.C3H8.C2H6/c1-5-6-8-14-26(2)27(3)23-24-37-34-20-12-11-18-32(34)33-25-29(21-22-35(33)37)31-19-13-15-28(4)36(31)38-30-16-9-7-10-17-30;1-4-6-7-8-9(3)5-2;1-3-2;1-2/h5-25H,1,3H2,2,4H3;4-8H,1-3H3;3H2,1-2H3;1-2H3/b8-6-,24-23+,26-14+;6-4-,8-7+,9-5+;;. The van der Waals surface area contributed by atoms with E-state index in [9.17, 15) is 0 Å².